The monoisotopic (exact) mass is 287 g/mol. The number of rotatable bonds is 7. The van der Waals surface area contributed by atoms with Gasteiger partial charge in [0, 0.05) is 18.8 Å². The number of carbonyl (C=O) groups excluding carboxylic acids is 1. The van der Waals surface area contributed by atoms with Crippen LogP contribution >= 0.6 is 0 Å². The molecule has 0 fully saturated rings. The molecule has 0 radical (unpaired) electrons. The number of para-hydroxylation sites is 1. The summed E-state index contributed by atoms with van der Waals surface area (Å²) in [5, 5.41) is 7.82. The van der Waals surface area contributed by atoms with Crippen LogP contribution in [0.1, 0.15) is 25.5 Å². The van der Waals surface area contributed by atoms with E-state index in [2.05, 4.69) is 17.2 Å². The van der Waals surface area contributed by atoms with Crippen molar-refractivity contribution in [2.75, 3.05) is 11.4 Å². The third-order valence-electron chi connectivity index (χ3n) is 3.20. The highest BCUT2D eigenvalue weighted by molar-refractivity contribution is 5.93. The molecule has 0 saturated carbocycles. The van der Waals surface area contributed by atoms with E-state index in [0.717, 1.165) is 18.5 Å². The number of nitrogens with zero attached hydrogens (tertiary/aromatic N) is 4. The normalized spacial score (nSPS) is 10.6. The van der Waals surface area contributed by atoms with Crippen LogP contribution in [0.2, 0.25) is 0 Å². The third-order valence-corrected chi connectivity index (χ3v) is 3.20. The fourth-order valence-electron chi connectivity index (χ4n) is 2.06. The fraction of sp³-hybridized carbons (Fsp3) is 0.400. The van der Waals surface area contributed by atoms with Crippen LogP contribution in [-0.4, -0.2) is 27.4 Å². The van der Waals surface area contributed by atoms with E-state index in [1.807, 2.05) is 30.3 Å². The minimum Gasteiger partial charge on any atom is -0.325 e. The average molecular weight is 287 g/mol. The fourth-order valence-corrected chi connectivity index (χ4v) is 2.06. The molecular weight excluding hydrogens is 266 g/mol. The summed E-state index contributed by atoms with van der Waals surface area (Å²) in [5.41, 5.74) is 7.09. The third kappa shape index (κ3) is 4.13. The highest BCUT2D eigenvalue weighted by Gasteiger charge is 2.16. The second kappa shape index (κ2) is 7.54. The number of anilines is 1. The van der Waals surface area contributed by atoms with Crippen LogP contribution in [0.3, 0.4) is 0 Å². The molecule has 0 spiro atoms. The Balaban J connectivity index is 2.10. The second-order valence-electron chi connectivity index (χ2n) is 4.85. The lowest BCUT2D eigenvalue weighted by atomic mass is 10.2. The van der Waals surface area contributed by atoms with Crippen molar-refractivity contribution in [3.05, 3.63) is 42.2 Å². The van der Waals surface area contributed by atoms with E-state index in [0.29, 0.717) is 18.8 Å². The quantitative estimate of drug-likeness (QED) is 0.838. The first kappa shape index (κ1) is 15.2. The first-order valence-corrected chi connectivity index (χ1v) is 7.19. The summed E-state index contributed by atoms with van der Waals surface area (Å²) in [5.74, 6) is 0.00289. The maximum Gasteiger partial charge on any atom is 0.248 e. The summed E-state index contributed by atoms with van der Waals surface area (Å²) in [7, 11) is 0. The SMILES string of the molecule is CCCCN(C(=O)Cn1cc(CN)nn1)c1ccccc1. The number of aromatic nitrogens is 3. The molecular formula is C15H21N5O. The Kier molecular flexibility index (Phi) is 5.45. The van der Waals surface area contributed by atoms with Crippen molar-refractivity contribution >= 4 is 11.6 Å². The zero-order valence-corrected chi connectivity index (χ0v) is 12.3. The number of hydrogen-bond donors (Lipinski definition) is 1. The maximum atomic E-state index is 12.5. The van der Waals surface area contributed by atoms with Crippen molar-refractivity contribution < 1.29 is 4.79 Å². The van der Waals surface area contributed by atoms with Gasteiger partial charge in [0.1, 0.15) is 6.54 Å². The van der Waals surface area contributed by atoms with Crippen molar-refractivity contribution in [1.82, 2.24) is 15.0 Å². The van der Waals surface area contributed by atoms with Crippen LogP contribution < -0.4 is 10.6 Å². The summed E-state index contributed by atoms with van der Waals surface area (Å²) in [6.45, 7) is 3.31. The van der Waals surface area contributed by atoms with Crippen LogP contribution in [0.4, 0.5) is 5.69 Å². The van der Waals surface area contributed by atoms with Crippen LogP contribution in [0.15, 0.2) is 36.5 Å². The van der Waals surface area contributed by atoms with Gasteiger partial charge in [0.05, 0.1) is 11.9 Å². The molecule has 1 amide bonds. The zero-order valence-electron chi connectivity index (χ0n) is 12.3. The maximum absolute atomic E-state index is 12.5. The Morgan fingerprint density at radius 1 is 1.33 bits per heavy atom. The second-order valence-corrected chi connectivity index (χ2v) is 4.85. The van der Waals surface area contributed by atoms with E-state index >= 15 is 0 Å². The number of hydrogen-bond acceptors (Lipinski definition) is 4. The Hall–Kier alpha value is -2.21. The molecule has 6 nitrogen and oxygen atoms in total. The molecule has 0 atom stereocenters. The van der Waals surface area contributed by atoms with Crippen LogP contribution in [0.5, 0.6) is 0 Å². The molecule has 6 heteroatoms. The summed E-state index contributed by atoms with van der Waals surface area (Å²) in [6.07, 6.45) is 3.71. The Bertz CT molecular complexity index is 566. The summed E-state index contributed by atoms with van der Waals surface area (Å²) < 4.78 is 1.53. The largest absolute Gasteiger partial charge is 0.325 e. The summed E-state index contributed by atoms with van der Waals surface area (Å²) in [6, 6.07) is 9.70. The molecule has 1 aromatic heterocycles. The van der Waals surface area contributed by atoms with Gasteiger partial charge in [-0.15, -0.1) is 5.10 Å². The number of amides is 1. The Morgan fingerprint density at radius 3 is 2.71 bits per heavy atom. The topological polar surface area (TPSA) is 77.0 Å². The van der Waals surface area contributed by atoms with Gasteiger partial charge in [-0.2, -0.15) is 0 Å². The van der Waals surface area contributed by atoms with Gasteiger partial charge in [0.2, 0.25) is 5.91 Å². The number of unbranched alkanes of at least 4 members (excludes halogenated alkanes) is 1. The smallest absolute Gasteiger partial charge is 0.248 e. The van der Waals surface area contributed by atoms with Crippen molar-refractivity contribution in [3.8, 4) is 0 Å². The molecule has 2 N–H and O–H groups in total. The lowest BCUT2D eigenvalue weighted by Crippen LogP contribution is -2.34. The molecule has 21 heavy (non-hydrogen) atoms. The number of nitrogens with two attached hydrogens (primary N) is 1. The van der Waals surface area contributed by atoms with Crippen molar-refractivity contribution in [2.45, 2.75) is 32.9 Å². The summed E-state index contributed by atoms with van der Waals surface area (Å²) in [4.78, 5) is 14.3. The molecule has 1 aromatic carbocycles. The first-order chi connectivity index (χ1) is 10.2. The van der Waals surface area contributed by atoms with Gasteiger partial charge >= 0.3 is 0 Å². The standard InChI is InChI=1S/C15H21N5O/c1-2-3-9-20(14-7-5-4-6-8-14)15(21)12-19-11-13(10-16)17-18-19/h4-8,11H,2-3,9-10,12,16H2,1H3. The molecule has 0 bridgehead atoms. The van der Waals surface area contributed by atoms with E-state index in [-0.39, 0.29) is 12.5 Å². The van der Waals surface area contributed by atoms with Gasteiger partial charge in [-0.1, -0.05) is 36.8 Å². The van der Waals surface area contributed by atoms with Crippen molar-refractivity contribution in [1.29, 1.82) is 0 Å². The molecule has 0 unspecified atom stereocenters. The Labute approximate surface area is 124 Å². The lowest BCUT2D eigenvalue weighted by Gasteiger charge is -2.22. The summed E-state index contributed by atoms with van der Waals surface area (Å²) >= 11 is 0. The van der Waals surface area contributed by atoms with Gasteiger partial charge in [0.15, 0.2) is 0 Å². The molecule has 2 rings (SSSR count). The molecule has 0 aliphatic heterocycles. The molecule has 0 saturated heterocycles. The van der Waals surface area contributed by atoms with Gasteiger partial charge in [-0.3, -0.25) is 4.79 Å². The molecule has 1 heterocycles. The van der Waals surface area contributed by atoms with Gasteiger partial charge < -0.3 is 10.6 Å². The van der Waals surface area contributed by atoms with Gasteiger partial charge in [-0.05, 0) is 18.6 Å². The molecule has 0 aliphatic rings. The Morgan fingerprint density at radius 2 is 2.10 bits per heavy atom. The molecule has 2 aromatic rings. The van der Waals surface area contributed by atoms with Crippen LogP contribution in [-0.2, 0) is 17.9 Å². The average Bonchev–Trinajstić information content (AvgIpc) is 2.96. The predicted octanol–water partition coefficient (Wildman–Crippen LogP) is 1.57. The van der Waals surface area contributed by atoms with E-state index in [1.54, 1.807) is 11.1 Å². The van der Waals surface area contributed by atoms with E-state index in [9.17, 15) is 4.79 Å². The van der Waals surface area contributed by atoms with Crippen LogP contribution in [0.25, 0.3) is 0 Å². The predicted molar refractivity (Wildman–Crippen MR) is 81.6 cm³/mol. The van der Waals surface area contributed by atoms with Crippen molar-refractivity contribution in [3.63, 3.8) is 0 Å². The van der Waals surface area contributed by atoms with E-state index in [4.69, 9.17) is 5.73 Å². The first-order valence-electron chi connectivity index (χ1n) is 7.19. The molecule has 112 valence electrons. The van der Waals surface area contributed by atoms with E-state index < -0.39 is 0 Å². The minimum atomic E-state index is 0.00289. The zero-order chi connectivity index (χ0) is 15.1. The molecule has 0 aliphatic carbocycles. The van der Waals surface area contributed by atoms with Gasteiger partial charge in [-0.25, -0.2) is 4.68 Å². The number of benzene rings is 1. The van der Waals surface area contributed by atoms with Crippen LogP contribution in [0, 0.1) is 0 Å². The van der Waals surface area contributed by atoms with Crippen molar-refractivity contribution in [2.24, 2.45) is 5.73 Å². The lowest BCUT2D eigenvalue weighted by molar-refractivity contribution is -0.119. The number of carbonyl (C=O) groups is 1. The van der Waals surface area contributed by atoms with Gasteiger partial charge in [0.25, 0.3) is 0 Å². The minimum absolute atomic E-state index is 0.00289. The highest BCUT2D eigenvalue weighted by atomic mass is 16.2. The van der Waals surface area contributed by atoms with E-state index in [1.165, 1.54) is 4.68 Å². The highest BCUT2D eigenvalue weighted by Crippen LogP contribution is 2.15.